The molecule has 1 aromatic carbocycles. The fourth-order valence-electron chi connectivity index (χ4n) is 1.03. The van der Waals surface area contributed by atoms with Crippen LogP contribution in [0, 0.1) is 0 Å². The van der Waals surface area contributed by atoms with Crippen LogP contribution in [-0.2, 0) is 0 Å². The van der Waals surface area contributed by atoms with Gasteiger partial charge in [-0.2, -0.15) is 0 Å². The Bertz CT molecular complexity index is 321. The first-order valence-electron chi connectivity index (χ1n) is 4.70. The minimum atomic E-state index is 0.561. The Kier molecular flexibility index (Phi) is 3.85. The molecule has 76 valence electrons. The van der Waals surface area contributed by atoms with E-state index in [1.807, 2.05) is 6.08 Å². The first-order chi connectivity index (χ1) is 6.74. The summed E-state index contributed by atoms with van der Waals surface area (Å²) < 4.78 is 5.33. The first kappa shape index (κ1) is 10.4. The number of benzene rings is 1. The second kappa shape index (κ2) is 5.17. The molecular formula is C11H16N2O. The number of anilines is 2. The van der Waals surface area contributed by atoms with E-state index in [0.717, 1.165) is 12.8 Å². The van der Waals surface area contributed by atoms with Crippen molar-refractivity contribution in [2.45, 2.75) is 19.8 Å². The number of nitrogens with two attached hydrogens (primary N) is 2. The van der Waals surface area contributed by atoms with Crippen LogP contribution in [-0.4, -0.2) is 0 Å². The molecule has 0 radical (unpaired) electrons. The number of nitrogen functional groups attached to an aromatic ring is 2. The third-order valence-corrected chi connectivity index (χ3v) is 1.78. The Morgan fingerprint density at radius 3 is 2.79 bits per heavy atom. The SMILES string of the molecule is CCC/C=C/Oc1ccc(N)cc1N. The standard InChI is InChI=1S/C11H16N2O/c1-2-3-4-7-14-11-6-5-9(12)8-10(11)13/h4-8H,2-3,12-13H2,1H3/b7-4+. The van der Waals surface area contributed by atoms with Gasteiger partial charge in [-0.3, -0.25) is 0 Å². The van der Waals surface area contributed by atoms with Crippen LogP contribution >= 0.6 is 0 Å². The van der Waals surface area contributed by atoms with E-state index >= 15 is 0 Å². The van der Waals surface area contributed by atoms with Gasteiger partial charge in [-0.15, -0.1) is 0 Å². The summed E-state index contributed by atoms with van der Waals surface area (Å²) in [6, 6.07) is 5.21. The Hall–Kier alpha value is -1.64. The molecule has 0 amide bonds. The van der Waals surface area contributed by atoms with E-state index in [9.17, 15) is 0 Å². The Morgan fingerprint density at radius 2 is 2.14 bits per heavy atom. The zero-order valence-electron chi connectivity index (χ0n) is 8.36. The zero-order chi connectivity index (χ0) is 10.4. The molecule has 0 saturated heterocycles. The third kappa shape index (κ3) is 3.01. The van der Waals surface area contributed by atoms with Crippen LogP contribution in [0.2, 0.25) is 0 Å². The fraction of sp³-hybridized carbons (Fsp3) is 0.273. The van der Waals surface area contributed by atoms with Crippen LogP contribution < -0.4 is 16.2 Å². The molecule has 0 bridgehead atoms. The topological polar surface area (TPSA) is 61.3 Å². The van der Waals surface area contributed by atoms with E-state index in [0.29, 0.717) is 17.1 Å². The molecule has 0 spiro atoms. The van der Waals surface area contributed by atoms with Gasteiger partial charge in [0.2, 0.25) is 0 Å². The average Bonchev–Trinajstić information content (AvgIpc) is 2.15. The highest BCUT2D eigenvalue weighted by Crippen LogP contribution is 2.23. The van der Waals surface area contributed by atoms with Gasteiger partial charge in [0.15, 0.2) is 0 Å². The van der Waals surface area contributed by atoms with Crippen molar-refractivity contribution in [3.05, 3.63) is 30.5 Å². The molecule has 0 atom stereocenters. The van der Waals surface area contributed by atoms with Gasteiger partial charge in [-0.25, -0.2) is 0 Å². The molecule has 0 aliphatic rings. The summed E-state index contributed by atoms with van der Waals surface area (Å²) in [5.41, 5.74) is 12.5. The molecule has 3 nitrogen and oxygen atoms in total. The second-order valence-corrected chi connectivity index (χ2v) is 3.08. The van der Waals surface area contributed by atoms with E-state index in [1.54, 1.807) is 24.5 Å². The second-order valence-electron chi connectivity index (χ2n) is 3.08. The van der Waals surface area contributed by atoms with Crippen molar-refractivity contribution in [1.82, 2.24) is 0 Å². The number of unbranched alkanes of at least 4 members (excludes halogenated alkanes) is 1. The highest BCUT2D eigenvalue weighted by Gasteiger charge is 1.97. The predicted octanol–water partition coefficient (Wildman–Crippen LogP) is 2.54. The van der Waals surface area contributed by atoms with Gasteiger partial charge in [-0.1, -0.05) is 13.3 Å². The van der Waals surface area contributed by atoms with Crippen LogP contribution in [0.3, 0.4) is 0 Å². The summed E-state index contributed by atoms with van der Waals surface area (Å²) in [4.78, 5) is 0. The maximum absolute atomic E-state index is 5.70. The maximum Gasteiger partial charge on any atom is 0.149 e. The van der Waals surface area contributed by atoms with Crippen molar-refractivity contribution in [2.24, 2.45) is 0 Å². The van der Waals surface area contributed by atoms with E-state index in [1.165, 1.54) is 0 Å². The molecule has 0 aliphatic carbocycles. The van der Waals surface area contributed by atoms with E-state index in [-0.39, 0.29) is 0 Å². The van der Waals surface area contributed by atoms with Gasteiger partial charge in [0, 0.05) is 5.69 Å². The molecule has 14 heavy (non-hydrogen) atoms. The van der Waals surface area contributed by atoms with Crippen molar-refractivity contribution >= 4 is 11.4 Å². The Balaban J connectivity index is 2.59. The molecule has 0 fully saturated rings. The molecule has 0 aliphatic heterocycles. The van der Waals surface area contributed by atoms with Gasteiger partial charge in [0.1, 0.15) is 5.75 Å². The minimum absolute atomic E-state index is 0.561. The van der Waals surface area contributed by atoms with Gasteiger partial charge in [0.25, 0.3) is 0 Å². The largest absolute Gasteiger partial charge is 0.463 e. The van der Waals surface area contributed by atoms with Crippen LogP contribution in [0.25, 0.3) is 0 Å². The van der Waals surface area contributed by atoms with Gasteiger partial charge in [-0.05, 0) is 30.7 Å². The average molecular weight is 192 g/mol. The van der Waals surface area contributed by atoms with Gasteiger partial charge >= 0.3 is 0 Å². The minimum Gasteiger partial charge on any atom is -0.463 e. The Labute approximate surface area is 84.4 Å². The molecule has 0 saturated carbocycles. The van der Waals surface area contributed by atoms with Gasteiger partial charge < -0.3 is 16.2 Å². The molecule has 1 rings (SSSR count). The predicted molar refractivity (Wildman–Crippen MR) is 59.9 cm³/mol. The molecule has 0 unspecified atom stereocenters. The lowest BCUT2D eigenvalue weighted by atomic mass is 10.2. The smallest absolute Gasteiger partial charge is 0.149 e. The maximum atomic E-state index is 5.70. The zero-order valence-corrected chi connectivity index (χ0v) is 8.36. The number of rotatable bonds is 4. The highest BCUT2D eigenvalue weighted by molar-refractivity contribution is 5.60. The van der Waals surface area contributed by atoms with Crippen LogP contribution in [0.15, 0.2) is 30.5 Å². The molecule has 0 heterocycles. The van der Waals surface area contributed by atoms with Crippen LogP contribution in [0.5, 0.6) is 5.75 Å². The summed E-state index contributed by atoms with van der Waals surface area (Å²) >= 11 is 0. The van der Waals surface area contributed by atoms with Crippen LogP contribution in [0.4, 0.5) is 11.4 Å². The molecule has 1 aromatic rings. The van der Waals surface area contributed by atoms with Crippen molar-refractivity contribution < 1.29 is 4.74 Å². The summed E-state index contributed by atoms with van der Waals surface area (Å²) in [6.45, 7) is 2.11. The first-order valence-corrected chi connectivity index (χ1v) is 4.70. The summed E-state index contributed by atoms with van der Waals surface area (Å²) in [5.74, 6) is 0.645. The third-order valence-electron chi connectivity index (χ3n) is 1.78. The van der Waals surface area contributed by atoms with Gasteiger partial charge in [0.05, 0.1) is 11.9 Å². The number of ether oxygens (including phenoxy) is 1. The van der Waals surface area contributed by atoms with E-state index in [4.69, 9.17) is 16.2 Å². The Morgan fingerprint density at radius 1 is 1.36 bits per heavy atom. The summed E-state index contributed by atoms with van der Waals surface area (Å²) in [7, 11) is 0. The van der Waals surface area contributed by atoms with Crippen molar-refractivity contribution in [3.63, 3.8) is 0 Å². The van der Waals surface area contributed by atoms with Crippen molar-refractivity contribution in [3.8, 4) is 5.75 Å². The molecule has 4 N–H and O–H groups in total. The summed E-state index contributed by atoms with van der Waals surface area (Å²) in [6.07, 6.45) is 5.74. The lowest BCUT2D eigenvalue weighted by Gasteiger charge is -2.04. The normalized spacial score (nSPS) is 10.6. The van der Waals surface area contributed by atoms with Crippen molar-refractivity contribution in [2.75, 3.05) is 11.5 Å². The fourth-order valence-corrected chi connectivity index (χ4v) is 1.03. The lowest BCUT2D eigenvalue weighted by Crippen LogP contribution is -1.93. The summed E-state index contributed by atoms with van der Waals surface area (Å²) in [5, 5.41) is 0. The number of hydrogen-bond donors (Lipinski definition) is 2. The number of allylic oxidation sites excluding steroid dienone is 1. The quantitative estimate of drug-likeness (QED) is 0.569. The highest BCUT2D eigenvalue weighted by atomic mass is 16.5. The molecule has 3 heteroatoms. The van der Waals surface area contributed by atoms with E-state index in [2.05, 4.69) is 6.92 Å². The molecular weight excluding hydrogens is 176 g/mol. The molecule has 0 aromatic heterocycles. The van der Waals surface area contributed by atoms with Crippen molar-refractivity contribution in [1.29, 1.82) is 0 Å². The number of hydrogen-bond acceptors (Lipinski definition) is 3. The lowest BCUT2D eigenvalue weighted by molar-refractivity contribution is 0.481. The monoisotopic (exact) mass is 192 g/mol. The van der Waals surface area contributed by atoms with Crippen LogP contribution in [0.1, 0.15) is 19.8 Å². The van der Waals surface area contributed by atoms with E-state index < -0.39 is 0 Å².